The van der Waals surface area contributed by atoms with Crippen LogP contribution in [0.3, 0.4) is 0 Å². The monoisotopic (exact) mass is 425 g/mol. The second-order valence-corrected chi connectivity index (χ2v) is 10.0. The molecule has 0 spiro atoms. The summed E-state index contributed by atoms with van der Waals surface area (Å²) < 4.78 is 14.6. The summed E-state index contributed by atoms with van der Waals surface area (Å²) in [6, 6.07) is 32.1. The standard InChI is InChI=1S/C27H24NO2P/c1-20(21(2)29)27(26-19-11-13-22-12-9-10-18-25(22)26)28-31(30,23-14-5-3-6-15-23)24-16-7-4-8-17-24/h3-19,27H,1H2,2H3,(H,28,30). The summed E-state index contributed by atoms with van der Waals surface area (Å²) in [5.74, 6) is -0.141. The van der Waals surface area contributed by atoms with E-state index in [2.05, 4.69) is 11.7 Å². The molecule has 0 amide bonds. The molecule has 4 aromatic carbocycles. The summed E-state index contributed by atoms with van der Waals surface area (Å²) in [4.78, 5) is 12.4. The lowest BCUT2D eigenvalue weighted by molar-refractivity contribution is -0.113. The predicted octanol–water partition coefficient (Wildman–Crippen LogP) is 5.54. The van der Waals surface area contributed by atoms with Crippen molar-refractivity contribution >= 4 is 34.5 Å². The maximum absolute atomic E-state index is 14.6. The molecule has 0 heterocycles. The van der Waals surface area contributed by atoms with Crippen LogP contribution in [0.15, 0.2) is 115 Å². The van der Waals surface area contributed by atoms with Gasteiger partial charge in [-0.3, -0.25) is 9.36 Å². The molecule has 0 aromatic heterocycles. The molecule has 1 unspecified atom stereocenters. The molecule has 154 valence electrons. The van der Waals surface area contributed by atoms with Gasteiger partial charge >= 0.3 is 0 Å². The van der Waals surface area contributed by atoms with Crippen molar-refractivity contribution in [3.63, 3.8) is 0 Å². The third kappa shape index (κ3) is 4.16. The molecule has 4 heteroatoms. The number of benzene rings is 4. The number of nitrogens with one attached hydrogen (secondary N) is 1. The van der Waals surface area contributed by atoms with Crippen molar-refractivity contribution in [3.05, 3.63) is 121 Å². The maximum atomic E-state index is 14.6. The van der Waals surface area contributed by atoms with Crippen LogP contribution in [0.2, 0.25) is 0 Å². The first kappa shape index (κ1) is 21.0. The zero-order valence-electron chi connectivity index (χ0n) is 17.4. The van der Waals surface area contributed by atoms with Gasteiger partial charge in [-0.25, -0.2) is 5.09 Å². The Morgan fingerprint density at radius 2 is 1.29 bits per heavy atom. The van der Waals surface area contributed by atoms with Crippen LogP contribution in [0.25, 0.3) is 10.8 Å². The molecular formula is C27H24NO2P. The van der Waals surface area contributed by atoms with Gasteiger partial charge in [0, 0.05) is 16.2 Å². The third-order valence-corrected chi connectivity index (χ3v) is 8.16. The fraction of sp³-hybridized carbons (Fsp3) is 0.0741. The lowest BCUT2D eigenvalue weighted by atomic mass is 9.93. The van der Waals surface area contributed by atoms with E-state index >= 15 is 0 Å². The van der Waals surface area contributed by atoms with Gasteiger partial charge in [0.05, 0.1) is 6.04 Å². The molecular weight excluding hydrogens is 401 g/mol. The van der Waals surface area contributed by atoms with Crippen molar-refractivity contribution in [1.29, 1.82) is 0 Å². The van der Waals surface area contributed by atoms with Gasteiger partial charge in [-0.05, 0) is 47.5 Å². The van der Waals surface area contributed by atoms with Crippen molar-refractivity contribution in [3.8, 4) is 0 Å². The van der Waals surface area contributed by atoms with Gasteiger partial charge in [0.2, 0.25) is 7.29 Å². The summed E-state index contributed by atoms with van der Waals surface area (Å²) in [7, 11) is -3.28. The van der Waals surface area contributed by atoms with Crippen LogP contribution in [0.1, 0.15) is 18.5 Å². The van der Waals surface area contributed by atoms with E-state index in [0.29, 0.717) is 16.2 Å². The number of carbonyl (C=O) groups is 1. The van der Waals surface area contributed by atoms with Gasteiger partial charge in [-0.2, -0.15) is 0 Å². The van der Waals surface area contributed by atoms with Crippen molar-refractivity contribution in [1.82, 2.24) is 5.09 Å². The molecule has 31 heavy (non-hydrogen) atoms. The van der Waals surface area contributed by atoms with Crippen LogP contribution in [-0.4, -0.2) is 5.78 Å². The first-order valence-electron chi connectivity index (χ1n) is 10.2. The van der Waals surface area contributed by atoms with Gasteiger partial charge in [-0.1, -0.05) is 85.4 Å². The van der Waals surface area contributed by atoms with Crippen molar-refractivity contribution in [2.24, 2.45) is 0 Å². The van der Waals surface area contributed by atoms with E-state index in [4.69, 9.17) is 0 Å². The molecule has 0 saturated carbocycles. The number of hydrogen-bond donors (Lipinski definition) is 1. The molecule has 0 aliphatic rings. The molecule has 0 saturated heterocycles. The fourth-order valence-corrected chi connectivity index (χ4v) is 6.24. The van der Waals surface area contributed by atoms with E-state index in [-0.39, 0.29) is 5.78 Å². The molecule has 0 radical (unpaired) electrons. The zero-order chi connectivity index (χ0) is 21.8. The van der Waals surface area contributed by atoms with Crippen molar-refractivity contribution < 1.29 is 9.36 Å². The summed E-state index contributed by atoms with van der Waals surface area (Å²) in [5.41, 5.74) is 1.26. The largest absolute Gasteiger partial charge is 0.296 e. The Labute approximate surface area is 182 Å². The summed E-state index contributed by atoms with van der Waals surface area (Å²) in [5, 5.41) is 6.80. The Morgan fingerprint density at radius 1 is 0.774 bits per heavy atom. The number of Topliss-reactive ketones (excluding diaryl/α,β-unsaturated/α-hetero) is 1. The highest BCUT2D eigenvalue weighted by Gasteiger charge is 2.33. The van der Waals surface area contributed by atoms with E-state index in [1.54, 1.807) is 0 Å². The van der Waals surface area contributed by atoms with Gasteiger partial charge in [0.15, 0.2) is 5.78 Å². The Hall–Kier alpha value is -3.26. The number of carbonyl (C=O) groups excluding carboxylic acids is 1. The van der Waals surface area contributed by atoms with Gasteiger partial charge in [0.25, 0.3) is 0 Å². The van der Waals surface area contributed by atoms with Crippen LogP contribution in [-0.2, 0) is 9.36 Å². The third-order valence-electron chi connectivity index (χ3n) is 5.49. The smallest absolute Gasteiger partial charge is 0.205 e. The van der Waals surface area contributed by atoms with E-state index in [1.165, 1.54) is 6.92 Å². The Kier molecular flexibility index (Phi) is 5.99. The second-order valence-electron chi connectivity index (χ2n) is 7.49. The van der Waals surface area contributed by atoms with Gasteiger partial charge in [-0.15, -0.1) is 0 Å². The van der Waals surface area contributed by atoms with Crippen molar-refractivity contribution in [2.45, 2.75) is 13.0 Å². The molecule has 1 atom stereocenters. The van der Waals surface area contributed by atoms with Gasteiger partial charge in [0.1, 0.15) is 0 Å². The normalized spacial score (nSPS) is 12.4. The average molecular weight is 425 g/mol. The SMILES string of the molecule is C=C(C(C)=O)C(NP(=O)(c1ccccc1)c1ccccc1)c1cccc2ccccc12. The zero-order valence-corrected chi connectivity index (χ0v) is 18.3. The van der Waals surface area contributed by atoms with Crippen LogP contribution in [0.4, 0.5) is 0 Å². The Balaban J connectivity index is 1.92. The van der Waals surface area contributed by atoms with E-state index in [1.807, 2.05) is 103 Å². The molecule has 0 aliphatic heterocycles. The molecule has 0 aliphatic carbocycles. The molecule has 3 nitrogen and oxygen atoms in total. The van der Waals surface area contributed by atoms with Crippen molar-refractivity contribution in [2.75, 3.05) is 0 Å². The Bertz CT molecular complexity index is 1230. The summed E-state index contributed by atoms with van der Waals surface area (Å²) >= 11 is 0. The topological polar surface area (TPSA) is 46.2 Å². The minimum absolute atomic E-state index is 0.141. The Morgan fingerprint density at radius 3 is 1.87 bits per heavy atom. The number of rotatable bonds is 7. The highest BCUT2D eigenvalue weighted by atomic mass is 31.2. The first-order chi connectivity index (χ1) is 15.0. The minimum Gasteiger partial charge on any atom is -0.296 e. The summed E-state index contributed by atoms with van der Waals surface area (Å²) in [6.07, 6.45) is 0. The highest BCUT2D eigenvalue weighted by molar-refractivity contribution is 7.76. The number of ketones is 1. The molecule has 4 aromatic rings. The lowest BCUT2D eigenvalue weighted by Crippen LogP contribution is -2.32. The highest BCUT2D eigenvalue weighted by Crippen LogP contribution is 2.44. The minimum atomic E-state index is -3.28. The number of hydrogen-bond acceptors (Lipinski definition) is 2. The molecule has 4 rings (SSSR count). The first-order valence-corrected chi connectivity index (χ1v) is 11.9. The van der Waals surface area contributed by atoms with E-state index < -0.39 is 13.3 Å². The van der Waals surface area contributed by atoms with Gasteiger partial charge < -0.3 is 0 Å². The number of fused-ring (bicyclic) bond motifs is 1. The summed E-state index contributed by atoms with van der Waals surface area (Å²) in [6.45, 7) is 5.57. The van der Waals surface area contributed by atoms with E-state index in [9.17, 15) is 9.36 Å². The van der Waals surface area contributed by atoms with Crippen LogP contribution in [0.5, 0.6) is 0 Å². The van der Waals surface area contributed by atoms with Crippen LogP contribution < -0.4 is 15.7 Å². The average Bonchev–Trinajstić information content (AvgIpc) is 2.83. The lowest BCUT2D eigenvalue weighted by Gasteiger charge is -2.28. The fourth-order valence-electron chi connectivity index (χ4n) is 3.80. The van der Waals surface area contributed by atoms with Crippen LogP contribution >= 0.6 is 7.29 Å². The molecule has 1 N–H and O–H groups in total. The second kappa shape index (κ2) is 8.85. The van der Waals surface area contributed by atoms with Crippen LogP contribution in [0, 0.1) is 0 Å². The predicted molar refractivity (Wildman–Crippen MR) is 129 cm³/mol. The molecule has 0 bridgehead atoms. The van der Waals surface area contributed by atoms with E-state index in [0.717, 1.165) is 16.3 Å². The quantitative estimate of drug-likeness (QED) is 0.312. The molecule has 0 fully saturated rings. The maximum Gasteiger partial charge on any atom is 0.205 e.